The molecule has 0 aliphatic rings. The van der Waals surface area contributed by atoms with E-state index in [1.54, 1.807) is 26.0 Å². The molecule has 0 saturated carbocycles. The Balaban J connectivity index is 2.77. The number of para-hydroxylation sites is 1. The minimum atomic E-state index is -3.19. The molecule has 114 valence electrons. The summed E-state index contributed by atoms with van der Waals surface area (Å²) in [6, 6.07) is 4.49. The Labute approximate surface area is 120 Å². The van der Waals surface area contributed by atoms with Gasteiger partial charge in [-0.1, -0.05) is 12.1 Å². The van der Waals surface area contributed by atoms with Crippen LogP contribution in [0.4, 0.5) is 4.39 Å². The summed E-state index contributed by atoms with van der Waals surface area (Å²) >= 11 is 0. The predicted molar refractivity (Wildman–Crippen MR) is 78.2 cm³/mol. The van der Waals surface area contributed by atoms with E-state index < -0.39 is 20.9 Å². The van der Waals surface area contributed by atoms with Crippen LogP contribution < -0.4 is 10.5 Å². The van der Waals surface area contributed by atoms with Gasteiger partial charge in [-0.3, -0.25) is 0 Å². The molecule has 0 amide bonds. The van der Waals surface area contributed by atoms with Gasteiger partial charge < -0.3 is 10.5 Å². The Bertz CT molecular complexity index is 541. The van der Waals surface area contributed by atoms with Crippen LogP contribution in [0.5, 0.6) is 5.75 Å². The summed E-state index contributed by atoms with van der Waals surface area (Å²) in [4.78, 5) is 0. The highest BCUT2D eigenvalue weighted by Gasteiger charge is 2.17. The van der Waals surface area contributed by atoms with Crippen molar-refractivity contribution >= 4 is 9.84 Å². The van der Waals surface area contributed by atoms with Gasteiger partial charge in [0, 0.05) is 6.04 Å². The fourth-order valence-electron chi connectivity index (χ4n) is 1.72. The lowest BCUT2D eigenvalue weighted by Crippen LogP contribution is -2.23. The SMILES string of the molecule is CC(N)Cc1cccc(F)c1OCCS(=O)(=O)C(C)C. The molecule has 1 atom stereocenters. The van der Waals surface area contributed by atoms with Gasteiger partial charge in [-0.05, 0) is 38.8 Å². The number of sulfone groups is 1. The van der Waals surface area contributed by atoms with E-state index in [0.717, 1.165) is 0 Å². The van der Waals surface area contributed by atoms with E-state index >= 15 is 0 Å². The van der Waals surface area contributed by atoms with Crippen LogP contribution in [0.2, 0.25) is 0 Å². The normalized spacial score (nSPS) is 13.5. The Kier molecular flexibility index (Phi) is 5.95. The van der Waals surface area contributed by atoms with Crippen LogP contribution in [0.25, 0.3) is 0 Å². The predicted octanol–water partition coefficient (Wildman–Crippen LogP) is 1.92. The van der Waals surface area contributed by atoms with Gasteiger partial charge in [0.1, 0.15) is 6.61 Å². The third kappa shape index (κ3) is 4.76. The number of rotatable bonds is 7. The van der Waals surface area contributed by atoms with Gasteiger partial charge in [-0.2, -0.15) is 0 Å². The van der Waals surface area contributed by atoms with Crippen LogP contribution in [-0.2, 0) is 16.3 Å². The van der Waals surface area contributed by atoms with Crippen molar-refractivity contribution in [1.29, 1.82) is 0 Å². The van der Waals surface area contributed by atoms with Crippen LogP contribution in [0.3, 0.4) is 0 Å². The summed E-state index contributed by atoms with van der Waals surface area (Å²) in [5.74, 6) is -0.523. The lowest BCUT2D eigenvalue weighted by atomic mass is 10.1. The van der Waals surface area contributed by atoms with Crippen molar-refractivity contribution in [3.05, 3.63) is 29.6 Å². The quantitative estimate of drug-likeness (QED) is 0.835. The summed E-state index contributed by atoms with van der Waals surface area (Å²) < 4.78 is 42.5. The summed E-state index contributed by atoms with van der Waals surface area (Å²) in [6.07, 6.45) is 0.476. The van der Waals surface area contributed by atoms with Crippen LogP contribution in [0.15, 0.2) is 18.2 Å². The summed E-state index contributed by atoms with van der Waals surface area (Å²) in [5, 5.41) is -0.463. The molecular formula is C14H22FNO3S. The molecule has 4 nitrogen and oxygen atoms in total. The fourth-order valence-corrected chi connectivity index (χ4v) is 2.51. The van der Waals surface area contributed by atoms with E-state index in [4.69, 9.17) is 10.5 Å². The van der Waals surface area contributed by atoms with E-state index in [9.17, 15) is 12.8 Å². The highest BCUT2D eigenvalue weighted by Crippen LogP contribution is 2.24. The second kappa shape index (κ2) is 7.04. The van der Waals surface area contributed by atoms with Gasteiger partial charge in [0.15, 0.2) is 21.4 Å². The first-order chi connectivity index (χ1) is 9.24. The molecule has 0 fully saturated rings. The second-order valence-corrected chi connectivity index (χ2v) is 7.85. The van der Waals surface area contributed by atoms with Gasteiger partial charge in [0.2, 0.25) is 0 Å². The number of hydrogen-bond acceptors (Lipinski definition) is 4. The van der Waals surface area contributed by atoms with Crippen LogP contribution >= 0.6 is 0 Å². The summed E-state index contributed by atoms with van der Waals surface area (Å²) in [7, 11) is -3.19. The molecule has 0 aromatic heterocycles. The fraction of sp³-hybridized carbons (Fsp3) is 0.571. The second-order valence-electron chi connectivity index (χ2n) is 5.17. The van der Waals surface area contributed by atoms with Crippen molar-refractivity contribution in [3.8, 4) is 5.75 Å². The maximum atomic E-state index is 13.8. The van der Waals surface area contributed by atoms with Crippen molar-refractivity contribution in [3.63, 3.8) is 0 Å². The zero-order valence-electron chi connectivity index (χ0n) is 12.1. The highest BCUT2D eigenvalue weighted by atomic mass is 32.2. The third-order valence-electron chi connectivity index (χ3n) is 2.92. The Morgan fingerprint density at radius 2 is 1.95 bits per heavy atom. The molecule has 0 aliphatic carbocycles. The average molecular weight is 303 g/mol. The maximum absolute atomic E-state index is 13.8. The van der Waals surface area contributed by atoms with Crippen LogP contribution in [0, 0.1) is 5.82 Å². The highest BCUT2D eigenvalue weighted by molar-refractivity contribution is 7.91. The number of hydrogen-bond donors (Lipinski definition) is 1. The van der Waals surface area contributed by atoms with Gasteiger partial charge in [-0.15, -0.1) is 0 Å². The number of benzene rings is 1. The standard InChI is InChI=1S/C14H22FNO3S/c1-10(2)20(17,18)8-7-19-14-12(9-11(3)16)5-4-6-13(14)15/h4-6,10-11H,7-9,16H2,1-3H3. The Hall–Kier alpha value is -1.14. The lowest BCUT2D eigenvalue weighted by Gasteiger charge is -2.14. The monoisotopic (exact) mass is 303 g/mol. The van der Waals surface area contributed by atoms with Gasteiger partial charge in [0.25, 0.3) is 0 Å². The molecule has 0 heterocycles. The summed E-state index contributed by atoms with van der Waals surface area (Å²) in [5.41, 5.74) is 6.36. The summed E-state index contributed by atoms with van der Waals surface area (Å²) in [6.45, 7) is 4.98. The first-order valence-corrected chi connectivity index (χ1v) is 8.33. The van der Waals surface area contributed by atoms with Crippen LogP contribution in [-0.4, -0.2) is 32.1 Å². The smallest absolute Gasteiger partial charge is 0.165 e. The van der Waals surface area contributed by atoms with Gasteiger partial charge >= 0.3 is 0 Å². The minimum Gasteiger partial charge on any atom is -0.489 e. The Morgan fingerprint density at radius 1 is 1.30 bits per heavy atom. The van der Waals surface area contributed by atoms with E-state index in [1.165, 1.54) is 6.07 Å². The lowest BCUT2D eigenvalue weighted by molar-refractivity contribution is 0.317. The van der Waals surface area contributed by atoms with E-state index in [2.05, 4.69) is 0 Å². The molecule has 20 heavy (non-hydrogen) atoms. The largest absolute Gasteiger partial charge is 0.489 e. The van der Waals surface area contributed by atoms with Crippen molar-refractivity contribution in [2.75, 3.05) is 12.4 Å². The van der Waals surface area contributed by atoms with Gasteiger partial charge in [-0.25, -0.2) is 12.8 Å². The number of nitrogens with two attached hydrogens (primary N) is 1. The molecule has 0 bridgehead atoms. The van der Waals surface area contributed by atoms with E-state index in [-0.39, 0.29) is 24.2 Å². The average Bonchev–Trinajstić information content (AvgIpc) is 2.31. The molecule has 0 saturated heterocycles. The molecule has 1 aromatic rings. The van der Waals surface area contributed by atoms with Crippen molar-refractivity contribution in [2.24, 2.45) is 5.73 Å². The van der Waals surface area contributed by atoms with E-state index in [1.807, 2.05) is 6.92 Å². The van der Waals surface area contributed by atoms with Crippen LogP contribution in [0.1, 0.15) is 26.3 Å². The molecule has 6 heteroatoms. The first kappa shape index (κ1) is 16.9. The molecule has 0 radical (unpaired) electrons. The van der Waals surface area contributed by atoms with Crippen molar-refractivity contribution in [2.45, 2.75) is 38.5 Å². The maximum Gasteiger partial charge on any atom is 0.165 e. The topological polar surface area (TPSA) is 69.4 Å². The van der Waals surface area contributed by atoms with E-state index in [0.29, 0.717) is 12.0 Å². The zero-order chi connectivity index (χ0) is 15.3. The zero-order valence-corrected chi connectivity index (χ0v) is 12.9. The third-order valence-corrected chi connectivity index (χ3v) is 5.10. The molecule has 1 aromatic carbocycles. The van der Waals surface area contributed by atoms with Gasteiger partial charge in [0.05, 0.1) is 11.0 Å². The first-order valence-electron chi connectivity index (χ1n) is 6.61. The van der Waals surface area contributed by atoms with Crippen molar-refractivity contribution in [1.82, 2.24) is 0 Å². The molecule has 0 aliphatic heterocycles. The minimum absolute atomic E-state index is 0.0621. The molecule has 1 unspecified atom stereocenters. The Morgan fingerprint density at radius 3 is 2.50 bits per heavy atom. The molecule has 0 spiro atoms. The molecule has 1 rings (SSSR count). The number of halogens is 1. The molecule has 2 N–H and O–H groups in total. The number of ether oxygens (including phenoxy) is 1. The van der Waals surface area contributed by atoms with Crippen molar-refractivity contribution < 1.29 is 17.5 Å². The molecular weight excluding hydrogens is 281 g/mol.